The number of thioether (sulfide) groups is 1. The van der Waals surface area contributed by atoms with Crippen LogP contribution in [0.1, 0.15) is 6.42 Å². The summed E-state index contributed by atoms with van der Waals surface area (Å²) in [5.74, 6) is -0.306. The van der Waals surface area contributed by atoms with E-state index in [9.17, 15) is 9.18 Å². The third kappa shape index (κ3) is 5.12. The van der Waals surface area contributed by atoms with Crippen LogP contribution >= 0.6 is 11.8 Å². The maximum atomic E-state index is 12.8. The normalized spacial score (nSPS) is 10.6. The van der Waals surface area contributed by atoms with E-state index in [1.165, 1.54) is 36.0 Å². The summed E-state index contributed by atoms with van der Waals surface area (Å²) in [5.41, 5.74) is 0.563. The fourth-order valence-corrected chi connectivity index (χ4v) is 2.49. The van der Waals surface area contributed by atoms with Crippen LogP contribution in [0, 0.1) is 5.82 Å². The number of rotatable bonds is 8. The molecule has 118 valence electrons. The maximum Gasteiger partial charge on any atom is 0.234 e. The van der Waals surface area contributed by atoms with Crippen molar-refractivity contribution in [2.45, 2.75) is 18.1 Å². The summed E-state index contributed by atoms with van der Waals surface area (Å²) in [6, 6.07) is 5.64. The van der Waals surface area contributed by atoms with Gasteiger partial charge in [0.25, 0.3) is 0 Å². The summed E-state index contributed by atoms with van der Waals surface area (Å²) in [6.07, 6.45) is 2.49. The minimum atomic E-state index is -0.337. The number of ether oxygens (including phenoxy) is 1. The molecule has 2 aromatic rings. The highest BCUT2D eigenvalue weighted by Gasteiger charge is 2.09. The molecular formula is C14H17FN4O2S. The summed E-state index contributed by atoms with van der Waals surface area (Å²) in [6.45, 7) is 1.40. The van der Waals surface area contributed by atoms with Crippen LogP contribution in [0.3, 0.4) is 0 Å². The summed E-state index contributed by atoms with van der Waals surface area (Å²) >= 11 is 1.30. The second kappa shape index (κ2) is 8.50. The van der Waals surface area contributed by atoms with E-state index in [0.29, 0.717) is 17.5 Å². The summed E-state index contributed by atoms with van der Waals surface area (Å²) in [7, 11) is 1.65. The number of hydrogen-bond donors (Lipinski definition) is 1. The van der Waals surface area contributed by atoms with Gasteiger partial charge >= 0.3 is 0 Å². The number of nitrogens with one attached hydrogen (secondary N) is 1. The highest BCUT2D eigenvalue weighted by atomic mass is 32.2. The standard InChI is InChI=1S/C14H17FN4O2S/c1-21-8-2-7-19-10-16-18-14(19)22-9-13(20)17-12-5-3-11(15)4-6-12/h3-6,10H,2,7-9H2,1H3,(H,17,20). The number of benzene rings is 1. The van der Waals surface area contributed by atoms with Gasteiger partial charge in [0.15, 0.2) is 5.16 Å². The highest BCUT2D eigenvalue weighted by molar-refractivity contribution is 7.99. The molecule has 0 unspecified atom stereocenters. The van der Waals surface area contributed by atoms with Gasteiger partial charge < -0.3 is 14.6 Å². The van der Waals surface area contributed by atoms with Gasteiger partial charge in [0.1, 0.15) is 12.1 Å². The number of hydrogen-bond acceptors (Lipinski definition) is 5. The van der Waals surface area contributed by atoms with Crippen LogP contribution in [0.2, 0.25) is 0 Å². The molecule has 0 saturated heterocycles. The van der Waals surface area contributed by atoms with Gasteiger partial charge in [-0.15, -0.1) is 10.2 Å². The van der Waals surface area contributed by atoms with Crippen molar-refractivity contribution in [1.29, 1.82) is 0 Å². The van der Waals surface area contributed by atoms with Crippen LogP contribution in [0.15, 0.2) is 35.7 Å². The lowest BCUT2D eigenvalue weighted by molar-refractivity contribution is -0.113. The number of anilines is 1. The molecule has 1 heterocycles. The molecule has 0 saturated carbocycles. The molecule has 2 rings (SSSR count). The largest absolute Gasteiger partial charge is 0.385 e. The Bertz CT molecular complexity index is 603. The molecule has 1 aromatic carbocycles. The first-order valence-corrected chi connectivity index (χ1v) is 7.72. The molecule has 0 bridgehead atoms. The zero-order chi connectivity index (χ0) is 15.8. The Labute approximate surface area is 132 Å². The fourth-order valence-electron chi connectivity index (χ4n) is 1.75. The van der Waals surface area contributed by atoms with Crippen molar-refractivity contribution in [3.05, 3.63) is 36.4 Å². The molecule has 0 fully saturated rings. The monoisotopic (exact) mass is 324 g/mol. The second-order valence-electron chi connectivity index (χ2n) is 4.50. The number of halogens is 1. The van der Waals surface area contributed by atoms with Crippen molar-refractivity contribution in [2.24, 2.45) is 0 Å². The van der Waals surface area contributed by atoms with Gasteiger partial charge in [-0.1, -0.05) is 11.8 Å². The summed E-state index contributed by atoms with van der Waals surface area (Å²) in [4.78, 5) is 11.9. The molecule has 0 spiro atoms. The lowest BCUT2D eigenvalue weighted by atomic mass is 10.3. The quantitative estimate of drug-likeness (QED) is 0.595. The van der Waals surface area contributed by atoms with E-state index in [-0.39, 0.29) is 17.5 Å². The van der Waals surface area contributed by atoms with Crippen LogP contribution in [0.25, 0.3) is 0 Å². The Morgan fingerprint density at radius 3 is 2.91 bits per heavy atom. The highest BCUT2D eigenvalue weighted by Crippen LogP contribution is 2.16. The number of aromatic nitrogens is 3. The molecular weight excluding hydrogens is 307 g/mol. The maximum absolute atomic E-state index is 12.8. The number of methoxy groups -OCH3 is 1. The molecule has 1 aromatic heterocycles. The Kier molecular flexibility index (Phi) is 6.35. The van der Waals surface area contributed by atoms with Gasteiger partial charge in [0.05, 0.1) is 5.75 Å². The predicted molar refractivity (Wildman–Crippen MR) is 82.3 cm³/mol. The van der Waals surface area contributed by atoms with Crippen molar-refractivity contribution in [3.63, 3.8) is 0 Å². The number of amides is 1. The first-order valence-electron chi connectivity index (χ1n) is 6.74. The lowest BCUT2D eigenvalue weighted by Gasteiger charge is -2.06. The van der Waals surface area contributed by atoms with E-state index in [1.807, 2.05) is 4.57 Å². The zero-order valence-electron chi connectivity index (χ0n) is 12.2. The Balaban J connectivity index is 1.81. The van der Waals surface area contributed by atoms with Crippen molar-refractivity contribution >= 4 is 23.4 Å². The third-order valence-corrected chi connectivity index (χ3v) is 3.77. The molecule has 22 heavy (non-hydrogen) atoms. The molecule has 6 nitrogen and oxygen atoms in total. The minimum absolute atomic E-state index is 0.178. The molecule has 0 aliphatic carbocycles. The Morgan fingerprint density at radius 1 is 1.41 bits per heavy atom. The lowest BCUT2D eigenvalue weighted by Crippen LogP contribution is -2.14. The molecule has 0 atom stereocenters. The van der Waals surface area contributed by atoms with Crippen LogP contribution in [-0.4, -0.2) is 40.1 Å². The van der Waals surface area contributed by atoms with Crippen LogP contribution < -0.4 is 5.32 Å². The van der Waals surface area contributed by atoms with Crippen molar-refractivity contribution in [1.82, 2.24) is 14.8 Å². The molecule has 1 N–H and O–H groups in total. The van der Waals surface area contributed by atoms with Gasteiger partial charge in [0.2, 0.25) is 5.91 Å². The van der Waals surface area contributed by atoms with Gasteiger partial charge in [-0.3, -0.25) is 4.79 Å². The molecule has 8 heteroatoms. The van der Waals surface area contributed by atoms with Crippen LogP contribution in [0.5, 0.6) is 0 Å². The summed E-state index contributed by atoms with van der Waals surface area (Å²) < 4.78 is 19.7. The number of carbonyl (C=O) groups excluding carboxylic acids is 1. The predicted octanol–water partition coefficient (Wildman–Crippen LogP) is 2.18. The second-order valence-corrected chi connectivity index (χ2v) is 5.44. The van der Waals surface area contributed by atoms with Crippen molar-refractivity contribution in [2.75, 3.05) is 24.8 Å². The Morgan fingerprint density at radius 2 is 2.18 bits per heavy atom. The van der Waals surface area contributed by atoms with Gasteiger partial charge in [-0.2, -0.15) is 0 Å². The molecule has 0 aliphatic heterocycles. The fraction of sp³-hybridized carbons (Fsp3) is 0.357. The van der Waals surface area contributed by atoms with E-state index in [4.69, 9.17) is 4.74 Å². The van der Waals surface area contributed by atoms with E-state index >= 15 is 0 Å². The van der Waals surface area contributed by atoms with E-state index in [0.717, 1.165) is 13.0 Å². The zero-order valence-corrected chi connectivity index (χ0v) is 13.0. The average Bonchev–Trinajstić information content (AvgIpc) is 2.95. The molecule has 0 radical (unpaired) electrons. The molecule has 1 amide bonds. The first kappa shape index (κ1) is 16.4. The SMILES string of the molecule is COCCCn1cnnc1SCC(=O)Nc1ccc(F)cc1. The average molecular weight is 324 g/mol. The number of aryl methyl sites for hydroxylation is 1. The van der Waals surface area contributed by atoms with Crippen LogP contribution in [0.4, 0.5) is 10.1 Å². The smallest absolute Gasteiger partial charge is 0.234 e. The Hall–Kier alpha value is -1.93. The van der Waals surface area contributed by atoms with E-state index < -0.39 is 0 Å². The van der Waals surface area contributed by atoms with E-state index in [1.54, 1.807) is 13.4 Å². The van der Waals surface area contributed by atoms with Crippen LogP contribution in [-0.2, 0) is 16.1 Å². The number of carbonyl (C=O) groups is 1. The van der Waals surface area contributed by atoms with E-state index in [2.05, 4.69) is 15.5 Å². The van der Waals surface area contributed by atoms with Crippen molar-refractivity contribution in [3.8, 4) is 0 Å². The van der Waals surface area contributed by atoms with Gasteiger partial charge in [0, 0.05) is 25.9 Å². The molecule has 0 aliphatic rings. The van der Waals surface area contributed by atoms with Gasteiger partial charge in [-0.25, -0.2) is 4.39 Å². The van der Waals surface area contributed by atoms with Gasteiger partial charge in [-0.05, 0) is 30.7 Å². The topological polar surface area (TPSA) is 69.0 Å². The number of nitrogens with zero attached hydrogens (tertiary/aromatic N) is 3. The first-order chi connectivity index (χ1) is 10.7. The third-order valence-electron chi connectivity index (χ3n) is 2.79. The summed E-state index contributed by atoms with van der Waals surface area (Å²) in [5, 5.41) is 11.2. The minimum Gasteiger partial charge on any atom is -0.385 e. The van der Waals surface area contributed by atoms with Crippen molar-refractivity contribution < 1.29 is 13.9 Å².